The molecule has 1 aromatic rings. The summed E-state index contributed by atoms with van der Waals surface area (Å²) < 4.78 is 40.9. The second-order valence-corrected chi connectivity index (χ2v) is 5.24. The highest BCUT2D eigenvalue weighted by atomic mass is 32.1. The third-order valence-corrected chi connectivity index (χ3v) is 3.21. The molecule has 0 aliphatic heterocycles. The molecule has 8 heteroatoms. The van der Waals surface area contributed by atoms with Crippen LogP contribution in [0.25, 0.3) is 0 Å². The number of alkyl halides is 3. The van der Waals surface area contributed by atoms with E-state index in [2.05, 4.69) is 5.32 Å². The van der Waals surface area contributed by atoms with Crippen molar-refractivity contribution in [1.82, 2.24) is 0 Å². The molecule has 0 unspecified atom stereocenters. The molecule has 0 saturated heterocycles. The summed E-state index contributed by atoms with van der Waals surface area (Å²) >= 11 is 1.12. The van der Waals surface area contributed by atoms with Gasteiger partial charge in [0, 0.05) is 11.3 Å². The number of ether oxygens (including phenoxy) is 1. The molecule has 0 aliphatic rings. The number of amides is 1. The Morgan fingerprint density at radius 2 is 2.05 bits per heavy atom. The van der Waals surface area contributed by atoms with Crippen molar-refractivity contribution in [2.45, 2.75) is 32.9 Å². The van der Waals surface area contributed by atoms with Crippen molar-refractivity contribution < 1.29 is 27.5 Å². The molecule has 0 aliphatic carbocycles. The first kappa shape index (κ1) is 16.5. The molecule has 0 fully saturated rings. The fourth-order valence-electron chi connectivity index (χ4n) is 1.41. The van der Waals surface area contributed by atoms with Gasteiger partial charge >= 0.3 is 12.1 Å². The van der Waals surface area contributed by atoms with E-state index in [-0.39, 0.29) is 17.2 Å². The second kappa shape index (κ2) is 6.74. The molecule has 4 nitrogen and oxygen atoms in total. The summed E-state index contributed by atoms with van der Waals surface area (Å²) in [6.07, 6.45) is -6.26. The highest BCUT2D eigenvalue weighted by Crippen LogP contribution is 2.29. The molecule has 0 bridgehead atoms. The number of hydrogen-bond acceptors (Lipinski definition) is 4. The van der Waals surface area contributed by atoms with Gasteiger partial charge in [0.15, 0.2) is 0 Å². The summed E-state index contributed by atoms with van der Waals surface area (Å²) in [6, 6.07) is 1.53. The van der Waals surface area contributed by atoms with Crippen molar-refractivity contribution >= 4 is 28.2 Å². The molecule has 1 aromatic heterocycles. The fourth-order valence-corrected chi connectivity index (χ4v) is 2.33. The van der Waals surface area contributed by atoms with Gasteiger partial charge in [-0.15, -0.1) is 11.3 Å². The minimum absolute atomic E-state index is 0.162. The van der Waals surface area contributed by atoms with E-state index >= 15 is 0 Å². The number of esters is 1. The number of anilines is 1. The lowest BCUT2D eigenvalue weighted by molar-refractivity contribution is -0.142. The van der Waals surface area contributed by atoms with Crippen LogP contribution in [0.1, 0.15) is 35.0 Å². The van der Waals surface area contributed by atoms with Gasteiger partial charge in [0.2, 0.25) is 5.91 Å². The SMILES string of the molecule is CCOC(=O)c1cc(C)sc1NC(=O)CCC(F)(F)F. The smallest absolute Gasteiger partial charge is 0.389 e. The van der Waals surface area contributed by atoms with E-state index in [1.54, 1.807) is 13.8 Å². The van der Waals surface area contributed by atoms with Crippen LogP contribution < -0.4 is 5.32 Å². The van der Waals surface area contributed by atoms with E-state index in [9.17, 15) is 22.8 Å². The zero-order chi connectivity index (χ0) is 15.3. The highest BCUT2D eigenvalue weighted by molar-refractivity contribution is 7.16. The average molecular weight is 309 g/mol. The molecule has 1 rings (SSSR count). The fraction of sp³-hybridized carbons (Fsp3) is 0.500. The van der Waals surface area contributed by atoms with Crippen LogP contribution in [-0.4, -0.2) is 24.7 Å². The van der Waals surface area contributed by atoms with Crippen LogP contribution in [0.2, 0.25) is 0 Å². The Bertz CT molecular complexity index is 497. The lowest BCUT2D eigenvalue weighted by atomic mass is 10.2. The van der Waals surface area contributed by atoms with Crippen molar-refractivity contribution in [1.29, 1.82) is 0 Å². The molecular formula is C12H14F3NO3S. The van der Waals surface area contributed by atoms with Crippen LogP contribution >= 0.6 is 11.3 Å². The zero-order valence-electron chi connectivity index (χ0n) is 11.0. The Morgan fingerprint density at radius 1 is 1.40 bits per heavy atom. The molecule has 20 heavy (non-hydrogen) atoms. The quantitative estimate of drug-likeness (QED) is 0.847. The molecule has 0 aromatic carbocycles. The number of nitrogens with one attached hydrogen (secondary N) is 1. The lowest BCUT2D eigenvalue weighted by Crippen LogP contribution is -2.17. The number of rotatable bonds is 5. The molecule has 0 saturated carbocycles. The van der Waals surface area contributed by atoms with Gasteiger partial charge in [-0.05, 0) is 19.9 Å². The van der Waals surface area contributed by atoms with E-state index in [1.807, 2.05) is 0 Å². The average Bonchev–Trinajstić information content (AvgIpc) is 2.67. The van der Waals surface area contributed by atoms with Crippen LogP contribution in [0.5, 0.6) is 0 Å². The van der Waals surface area contributed by atoms with Gasteiger partial charge in [0.1, 0.15) is 5.00 Å². The van der Waals surface area contributed by atoms with E-state index in [0.29, 0.717) is 0 Å². The maximum absolute atomic E-state index is 12.0. The molecular weight excluding hydrogens is 295 g/mol. The number of aryl methyl sites for hydroxylation is 1. The van der Waals surface area contributed by atoms with Crippen molar-refractivity contribution in [3.8, 4) is 0 Å². The zero-order valence-corrected chi connectivity index (χ0v) is 11.8. The minimum Gasteiger partial charge on any atom is -0.462 e. The molecule has 0 radical (unpaired) electrons. The van der Waals surface area contributed by atoms with Gasteiger partial charge in [-0.2, -0.15) is 13.2 Å². The van der Waals surface area contributed by atoms with Crippen molar-refractivity contribution in [2.24, 2.45) is 0 Å². The number of carbonyl (C=O) groups is 2. The van der Waals surface area contributed by atoms with Crippen molar-refractivity contribution in [3.63, 3.8) is 0 Å². The number of thiophene rings is 1. The maximum atomic E-state index is 12.0. The Kier molecular flexibility index (Phi) is 5.55. The maximum Gasteiger partial charge on any atom is 0.389 e. The van der Waals surface area contributed by atoms with Gasteiger partial charge in [0.05, 0.1) is 18.6 Å². The minimum atomic E-state index is -4.38. The predicted molar refractivity (Wildman–Crippen MR) is 68.9 cm³/mol. The molecule has 112 valence electrons. The molecule has 0 spiro atoms. The summed E-state index contributed by atoms with van der Waals surface area (Å²) in [5.74, 6) is -1.39. The van der Waals surface area contributed by atoms with Gasteiger partial charge < -0.3 is 10.1 Å². The number of halogens is 3. The largest absolute Gasteiger partial charge is 0.462 e. The Hall–Kier alpha value is -1.57. The third kappa shape index (κ3) is 5.20. The van der Waals surface area contributed by atoms with Crippen LogP contribution in [-0.2, 0) is 9.53 Å². The van der Waals surface area contributed by atoms with Crippen LogP contribution in [0.3, 0.4) is 0 Å². The van der Waals surface area contributed by atoms with Gasteiger partial charge in [-0.3, -0.25) is 4.79 Å². The standard InChI is InChI=1S/C12H14F3NO3S/c1-3-19-11(18)8-6-7(2)20-10(8)16-9(17)4-5-12(13,14)15/h6H,3-5H2,1-2H3,(H,16,17). The third-order valence-electron chi connectivity index (χ3n) is 2.24. The summed E-state index contributed by atoms with van der Waals surface area (Å²) in [5.41, 5.74) is 0.162. The molecule has 1 heterocycles. The number of carbonyl (C=O) groups excluding carboxylic acids is 2. The van der Waals surface area contributed by atoms with Crippen LogP contribution in [0.4, 0.5) is 18.2 Å². The summed E-state index contributed by atoms with van der Waals surface area (Å²) in [4.78, 5) is 23.8. The molecule has 1 N–H and O–H groups in total. The first-order valence-corrected chi connectivity index (χ1v) is 6.68. The summed E-state index contributed by atoms with van der Waals surface area (Å²) in [5, 5.41) is 2.54. The first-order chi connectivity index (χ1) is 9.23. The van der Waals surface area contributed by atoms with Gasteiger partial charge in [-0.1, -0.05) is 0 Å². The van der Waals surface area contributed by atoms with E-state index < -0.39 is 30.9 Å². The number of hydrogen-bond donors (Lipinski definition) is 1. The molecule has 1 amide bonds. The Labute approximate surface area is 117 Å². The summed E-state index contributed by atoms with van der Waals surface area (Å²) in [7, 11) is 0. The lowest BCUT2D eigenvalue weighted by Gasteiger charge is -2.07. The van der Waals surface area contributed by atoms with E-state index in [1.165, 1.54) is 6.07 Å². The normalized spacial score (nSPS) is 11.2. The van der Waals surface area contributed by atoms with Crippen molar-refractivity contribution in [2.75, 3.05) is 11.9 Å². The topological polar surface area (TPSA) is 55.4 Å². The predicted octanol–water partition coefficient (Wildman–Crippen LogP) is 3.51. The van der Waals surface area contributed by atoms with Crippen LogP contribution in [0.15, 0.2) is 6.07 Å². The van der Waals surface area contributed by atoms with Crippen LogP contribution in [0, 0.1) is 6.92 Å². The Morgan fingerprint density at radius 3 is 2.60 bits per heavy atom. The first-order valence-electron chi connectivity index (χ1n) is 5.87. The monoisotopic (exact) mass is 309 g/mol. The second-order valence-electron chi connectivity index (χ2n) is 3.98. The summed E-state index contributed by atoms with van der Waals surface area (Å²) in [6.45, 7) is 3.53. The molecule has 0 atom stereocenters. The van der Waals surface area contributed by atoms with E-state index in [4.69, 9.17) is 4.74 Å². The van der Waals surface area contributed by atoms with Crippen molar-refractivity contribution in [3.05, 3.63) is 16.5 Å². The highest BCUT2D eigenvalue weighted by Gasteiger charge is 2.28. The van der Waals surface area contributed by atoms with Gasteiger partial charge in [0.25, 0.3) is 0 Å². The Balaban J connectivity index is 2.72. The van der Waals surface area contributed by atoms with E-state index in [0.717, 1.165) is 16.2 Å². The van der Waals surface area contributed by atoms with Gasteiger partial charge in [-0.25, -0.2) is 4.79 Å².